The minimum absolute atomic E-state index is 0.674. The summed E-state index contributed by atoms with van der Waals surface area (Å²) in [5.74, 6) is 1.51. The van der Waals surface area contributed by atoms with E-state index < -0.39 is 0 Å². The first-order chi connectivity index (χ1) is 8.09. The van der Waals surface area contributed by atoms with Gasteiger partial charge in [0.1, 0.15) is 0 Å². The van der Waals surface area contributed by atoms with Crippen LogP contribution in [0.3, 0.4) is 0 Å². The zero-order valence-electron chi connectivity index (χ0n) is 11.8. The molecule has 1 aromatic heterocycles. The lowest BCUT2D eigenvalue weighted by atomic mass is 10.1. The highest BCUT2D eigenvalue weighted by molar-refractivity contribution is 4.94. The van der Waals surface area contributed by atoms with Crippen LogP contribution in [0.25, 0.3) is 0 Å². The molecule has 0 unspecified atom stereocenters. The van der Waals surface area contributed by atoms with Crippen molar-refractivity contribution in [2.24, 2.45) is 11.8 Å². The molecule has 98 valence electrons. The van der Waals surface area contributed by atoms with Crippen LogP contribution in [0.4, 0.5) is 0 Å². The van der Waals surface area contributed by atoms with E-state index in [1.54, 1.807) is 0 Å². The largest absolute Gasteiger partial charge is 0.249 e. The third-order valence-corrected chi connectivity index (χ3v) is 2.97. The highest BCUT2D eigenvalue weighted by atomic mass is 15.4. The number of aryl methyl sites for hydroxylation is 1. The van der Waals surface area contributed by atoms with Gasteiger partial charge >= 0.3 is 0 Å². The average Bonchev–Trinajstić information content (AvgIpc) is 2.64. The second-order valence-electron chi connectivity index (χ2n) is 5.79. The van der Waals surface area contributed by atoms with Crippen molar-refractivity contribution in [2.45, 2.75) is 66.3 Å². The molecule has 0 N–H and O–H groups in total. The summed E-state index contributed by atoms with van der Waals surface area (Å²) < 4.78 is 2.08. The fourth-order valence-corrected chi connectivity index (χ4v) is 2.03. The van der Waals surface area contributed by atoms with E-state index in [1.165, 1.54) is 31.4 Å². The van der Waals surface area contributed by atoms with Gasteiger partial charge in [0.15, 0.2) is 0 Å². The van der Waals surface area contributed by atoms with E-state index in [4.69, 9.17) is 0 Å². The van der Waals surface area contributed by atoms with Crippen molar-refractivity contribution in [3.8, 4) is 0 Å². The smallest absolute Gasteiger partial charge is 0.0725 e. The molecule has 1 heterocycles. The van der Waals surface area contributed by atoms with Crippen LogP contribution in [-0.4, -0.2) is 15.0 Å². The van der Waals surface area contributed by atoms with Crippen molar-refractivity contribution in [2.75, 3.05) is 0 Å². The second-order valence-corrected chi connectivity index (χ2v) is 5.79. The van der Waals surface area contributed by atoms with E-state index in [1.807, 2.05) is 6.20 Å². The maximum atomic E-state index is 4.17. The number of nitrogens with zero attached hydrogens (tertiary/aromatic N) is 3. The minimum atomic E-state index is 0.674. The summed E-state index contributed by atoms with van der Waals surface area (Å²) in [4.78, 5) is 0. The van der Waals surface area contributed by atoms with Crippen molar-refractivity contribution >= 4 is 0 Å². The molecular weight excluding hydrogens is 210 g/mol. The van der Waals surface area contributed by atoms with Gasteiger partial charge in [-0.25, -0.2) is 4.68 Å². The minimum Gasteiger partial charge on any atom is -0.249 e. The predicted octanol–water partition coefficient (Wildman–Crippen LogP) is 3.69. The Morgan fingerprint density at radius 2 is 1.82 bits per heavy atom. The zero-order valence-corrected chi connectivity index (χ0v) is 11.8. The third-order valence-electron chi connectivity index (χ3n) is 2.97. The lowest BCUT2D eigenvalue weighted by molar-refractivity contribution is 0.472. The van der Waals surface area contributed by atoms with Gasteiger partial charge in [0, 0.05) is 6.54 Å². The molecule has 3 nitrogen and oxygen atoms in total. The molecule has 0 aromatic carbocycles. The number of hydrogen-bond acceptors (Lipinski definition) is 2. The molecule has 0 atom stereocenters. The van der Waals surface area contributed by atoms with Crippen molar-refractivity contribution in [1.82, 2.24) is 15.0 Å². The van der Waals surface area contributed by atoms with E-state index in [0.29, 0.717) is 5.92 Å². The molecule has 0 saturated carbocycles. The fraction of sp³-hybridized carbons (Fsp3) is 0.857. The van der Waals surface area contributed by atoms with Gasteiger partial charge in [-0.15, -0.1) is 5.10 Å². The molecule has 0 saturated heterocycles. The van der Waals surface area contributed by atoms with Crippen LogP contribution < -0.4 is 0 Å². The van der Waals surface area contributed by atoms with Gasteiger partial charge in [-0.05, 0) is 24.7 Å². The predicted molar refractivity (Wildman–Crippen MR) is 71.9 cm³/mol. The van der Waals surface area contributed by atoms with Crippen LogP contribution in [-0.2, 0) is 13.0 Å². The van der Waals surface area contributed by atoms with Crippen molar-refractivity contribution in [3.05, 3.63) is 11.9 Å². The first-order valence-corrected chi connectivity index (χ1v) is 6.97. The molecule has 0 radical (unpaired) electrons. The van der Waals surface area contributed by atoms with Crippen LogP contribution in [0.1, 0.15) is 59.1 Å². The molecule has 0 amide bonds. The first kappa shape index (κ1) is 14.2. The Balaban J connectivity index is 2.24. The SMILES string of the molecule is CC(C)CCCCCn1nncc1CC(C)C. The molecule has 0 aliphatic heterocycles. The maximum absolute atomic E-state index is 4.17. The van der Waals surface area contributed by atoms with Crippen molar-refractivity contribution < 1.29 is 0 Å². The second kappa shape index (κ2) is 7.46. The highest BCUT2D eigenvalue weighted by Crippen LogP contribution is 2.10. The number of aromatic nitrogens is 3. The molecular formula is C14H27N3. The van der Waals surface area contributed by atoms with Gasteiger partial charge in [-0.3, -0.25) is 0 Å². The molecule has 0 spiro atoms. The average molecular weight is 237 g/mol. The van der Waals surface area contributed by atoms with E-state index in [0.717, 1.165) is 18.9 Å². The van der Waals surface area contributed by atoms with Gasteiger partial charge in [0.25, 0.3) is 0 Å². The van der Waals surface area contributed by atoms with E-state index >= 15 is 0 Å². The van der Waals surface area contributed by atoms with Gasteiger partial charge in [-0.2, -0.15) is 0 Å². The molecule has 0 bridgehead atoms. The van der Waals surface area contributed by atoms with Crippen LogP contribution in [0, 0.1) is 11.8 Å². The van der Waals surface area contributed by atoms with Gasteiger partial charge in [-0.1, -0.05) is 52.2 Å². The molecule has 17 heavy (non-hydrogen) atoms. The number of unbranched alkanes of at least 4 members (excludes halogenated alkanes) is 2. The van der Waals surface area contributed by atoms with Crippen LogP contribution in [0.15, 0.2) is 6.20 Å². The standard InChI is InChI=1S/C14H27N3/c1-12(2)8-6-5-7-9-17-14(10-13(3)4)11-15-16-17/h11-13H,5-10H2,1-4H3. The van der Waals surface area contributed by atoms with E-state index in [9.17, 15) is 0 Å². The summed E-state index contributed by atoms with van der Waals surface area (Å²) in [6.07, 6.45) is 8.20. The topological polar surface area (TPSA) is 30.7 Å². The molecule has 0 fully saturated rings. The Kier molecular flexibility index (Phi) is 6.23. The normalized spacial score (nSPS) is 11.6. The molecule has 1 aromatic rings. The van der Waals surface area contributed by atoms with Crippen molar-refractivity contribution in [3.63, 3.8) is 0 Å². The molecule has 1 rings (SSSR count). The Bertz CT molecular complexity index is 302. The van der Waals surface area contributed by atoms with Gasteiger partial charge in [0.05, 0.1) is 11.9 Å². The first-order valence-electron chi connectivity index (χ1n) is 6.97. The summed E-state index contributed by atoms with van der Waals surface area (Å²) in [6.45, 7) is 10.1. The fourth-order valence-electron chi connectivity index (χ4n) is 2.03. The summed E-state index contributed by atoms with van der Waals surface area (Å²) in [6, 6.07) is 0. The monoisotopic (exact) mass is 237 g/mol. The quantitative estimate of drug-likeness (QED) is 0.646. The molecule has 0 aliphatic carbocycles. The Morgan fingerprint density at radius 3 is 2.47 bits per heavy atom. The van der Waals surface area contributed by atoms with Crippen LogP contribution in [0.2, 0.25) is 0 Å². The Morgan fingerprint density at radius 1 is 1.06 bits per heavy atom. The molecule has 3 heteroatoms. The third kappa shape index (κ3) is 5.85. The summed E-state index contributed by atoms with van der Waals surface area (Å²) in [5.41, 5.74) is 1.28. The van der Waals surface area contributed by atoms with Crippen LogP contribution >= 0.6 is 0 Å². The van der Waals surface area contributed by atoms with Crippen LogP contribution in [0.5, 0.6) is 0 Å². The lowest BCUT2D eigenvalue weighted by Gasteiger charge is -2.08. The summed E-state index contributed by atoms with van der Waals surface area (Å²) in [5, 5.41) is 8.18. The Labute approximate surface area is 106 Å². The summed E-state index contributed by atoms with van der Waals surface area (Å²) in [7, 11) is 0. The van der Waals surface area contributed by atoms with E-state index in [-0.39, 0.29) is 0 Å². The molecule has 0 aliphatic rings. The van der Waals surface area contributed by atoms with Gasteiger partial charge in [0.2, 0.25) is 0 Å². The van der Waals surface area contributed by atoms with Gasteiger partial charge < -0.3 is 0 Å². The number of hydrogen-bond donors (Lipinski definition) is 0. The Hall–Kier alpha value is -0.860. The highest BCUT2D eigenvalue weighted by Gasteiger charge is 2.05. The lowest BCUT2D eigenvalue weighted by Crippen LogP contribution is -2.07. The summed E-state index contributed by atoms with van der Waals surface area (Å²) >= 11 is 0. The maximum Gasteiger partial charge on any atom is 0.0725 e. The van der Waals surface area contributed by atoms with Crippen molar-refractivity contribution in [1.29, 1.82) is 0 Å². The zero-order chi connectivity index (χ0) is 12.7. The van der Waals surface area contributed by atoms with E-state index in [2.05, 4.69) is 42.7 Å². The number of rotatable bonds is 8.